The normalized spacial score (nSPS) is 15.8. The average molecular weight is 408 g/mol. The molecule has 1 aliphatic rings. The molecular formula is C23H25N3O2S. The van der Waals surface area contributed by atoms with Gasteiger partial charge in [0.05, 0.1) is 24.9 Å². The molecule has 29 heavy (non-hydrogen) atoms. The third kappa shape index (κ3) is 4.56. The highest BCUT2D eigenvalue weighted by Gasteiger charge is 2.29. The number of nitrogens with zero attached hydrogens (tertiary/aromatic N) is 2. The van der Waals surface area contributed by atoms with Crippen molar-refractivity contribution in [3.8, 4) is 0 Å². The van der Waals surface area contributed by atoms with Crippen molar-refractivity contribution in [2.75, 3.05) is 31.6 Å². The van der Waals surface area contributed by atoms with Gasteiger partial charge in [-0.1, -0.05) is 31.2 Å². The Morgan fingerprint density at radius 2 is 1.93 bits per heavy atom. The smallest absolute Gasteiger partial charge is 0.256 e. The van der Waals surface area contributed by atoms with E-state index in [9.17, 15) is 4.79 Å². The van der Waals surface area contributed by atoms with Crippen molar-refractivity contribution in [3.63, 3.8) is 0 Å². The molecule has 1 aromatic carbocycles. The Bertz CT molecular complexity index is 937. The number of morpholine rings is 1. The Morgan fingerprint density at radius 1 is 1.17 bits per heavy atom. The second-order valence-corrected chi connectivity index (χ2v) is 8.11. The molecule has 4 rings (SSSR count). The van der Waals surface area contributed by atoms with Crippen LogP contribution >= 0.6 is 11.3 Å². The summed E-state index contributed by atoms with van der Waals surface area (Å²) >= 11 is 1.65. The first-order chi connectivity index (χ1) is 14.3. The zero-order valence-electron chi connectivity index (χ0n) is 16.5. The summed E-state index contributed by atoms with van der Waals surface area (Å²) in [6.45, 7) is 5.23. The lowest BCUT2D eigenvalue weighted by molar-refractivity contribution is 0.0234. The van der Waals surface area contributed by atoms with Gasteiger partial charge in [0.25, 0.3) is 5.91 Å². The molecule has 1 N–H and O–H groups in total. The number of pyridine rings is 1. The van der Waals surface area contributed by atoms with E-state index < -0.39 is 0 Å². The third-order valence-corrected chi connectivity index (χ3v) is 6.31. The number of amides is 1. The van der Waals surface area contributed by atoms with Crippen molar-refractivity contribution < 1.29 is 9.53 Å². The van der Waals surface area contributed by atoms with Crippen LogP contribution in [-0.4, -0.2) is 42.1 Å². The number of hydrogen-bond acceptors (Lipinski definition) is 5. The van der Waals surface area contributed by atoms with Crippen LogP contribution in [0.1, 0.15) is 39.5 Å². The minimum absolute atomic E-state index is 0.0114. The van der Waals surface area contributed by atoms with Gasteiger partial charge in [-0.25, -0.2) is 0 Å². The lowest BCUT2D eigenvalue weighted by Gasteiger charge is -2.34. The Kier molecular flexibility index (Phi) is 6.34. The number of rotatable bonds is 6. The molecule has 1 unspecified atom stereocenters. The summed E-state index contributed by atoms with van der Waals surface area (Å²) in [6, 6.07) is 17.6. The van der Waals surface area contributed by atoms with E-state index in [1.54, 1.807) is 11.3 Å². The van der Waals surface area contributed by atoms with E-state index in [1.807, 2.05) is 48.7 Å². The van der Waals surface area contributed by atoms with Gasteiger partial charge in [-0.2, -0.15) is 0 Å². The van der Waals surface area contributed by atoms with Crippen LogP contribution in [0.25, 0.3) is 0 Å². The van der Waals surface area contributed by atoms with Gasteiger partial charge in [0, 0.05) is 35.3 Å². The van der Waals surface area contributed by atoms with E-state index in [0.717, 1.165) is 35.8 Å². The summed E-state index contributed by atoms with van der Waals surface area (Å²) in [5, 5.41) is 4.07. The maximum atomic E-state index is 12.8. The van der Waals surface area contributed by atoms with Gasteiger partial charge in [0.1, 0.15) is 5.00 Å². The van der Waals surface area contributed by atoms with Gasteiger partial charge in [-0.3, -0.25) is 14.7 Å². The fraction of sp³-hybridized carbons (Fsp3) is 0.304. The van der Waals surface area contributed by atoms with Crippen molar-refractivity contribution in [2.24, 2.45) is 0 Å². The first-order valence-electron chi connectivity index (χ1n) is 9.98. The number of nitrogens with one attached hydrogen (secondary N) is 1. The number of anilines is 1. The number of ether oxygens (including phenoxy) is 1. The van der Waals surface area contributed by atoms with Gasteiger partial charge in [0.2, 0.25) is 0 Å². The van der Waals surface area contributed by atoms with Crippen LogP contribution in [0.2, 0.25) is 0 Å². The van der Waals surface area contributed by atoms with Crippen molar-refractivity contribution in [1.29, 1.82) is 0 Å². The molecule has 0 radical (unpaired) electrons. The molecule has 0 bridgehead atoms. The standard InChI is InChI=1S/C23H25N3O2S/c1-2-18-16-19(23(29-18)25-22(27)17-8-4-3-5-9-17)21(20-10-6-7-11-24-20)26-12-14-28-15-13-26/h3-11,16,21H,2,12-15H2,1H3,(H,25,27). The quantitative estimate of drug-likeness (QED) is 0.659. The molecule has 0 aliphatic carbocycles. The maximum Gasteiger partial charge on any atom is 0.256 e. The molecule has 1 atom stereocenters. The van der Waals surface area contributed by atoms with E-state index in [4.69, 9.17) is 4.74 Å². The minimum atomic E-state index is -0.0851. The number of carbonyl (C=O) groups excluding carboxylic acids is 1. The predicted octanol–water partition coefficient (Wildman–Crippen LogP) is 4.38. The van der Waals surface area contributed by atoms with Gasteiger partial charge < -0.3 is 10.1 Å². The van der Waals surface area contributed by atoms with Crippen LogP contribution in [0.15, 0.2) is 60.8 Å². The Balaban J connectivity index is 1.72. The van der Waals surface area contributed by atoms with Crippen molar-refractivity contribution in [1.82, 2.24) is 9.88 Å². The van der Waals surface area contributed by atoms with Crippen molar-refractivity contribution >= 4 is 22.2 Å². The van der Waals surface area contributed by atoms with Crippen LogP contribution in [0, 0.1) is 0 Å². The Hall–Kier alpha value is -2.54. The Morgan fingerprint density at radius 3 is 2.62 bits per heavy atom. The van der Waals surface area contributed by atoms with Crippen LogP contribution in [0.4, 0.5) is 5.00 Å². The number of benzene rings is 1. The van der Waals surface area contributed by atoms with Crippen LogP contribution < -0.4 is 5.32 Å². The van der Waals surface area contributed by atoms with Gasteiger partial charge in [0.15, 0.2) is 0 Å². The summed E-state index contributed by atoms with van der Waals surface area (Å²) in [5.74, 6) is -0.0851. The molecule has 0 spiro atoms. The van der Waals surface area contributed by atoms with Crippen molar-refractivity contribution in [3.05, 3.63) is 82.5 Å². The number of hydrogen-bond donors (Lipinski definition) is 1. The topological polar surface area (TPSA) is 54.5 Å². The summed E-state index contributed by atoms with van der Waals surface area (Å²) < 4.78 is 5.57. The molecule has 1 amide bonds. The molecule has 3 heterocycles. The van der Waals surface area contributed by atoms with E-state index in [2.05, 4.69) is 34.3 Å². The van der Waals surface area contributed by atoms with Crippen LogP contribution in [0.5, 0.6) is 0 Å². The van der Waals surface area contributed by atoms with E-state index in [-0.39, 0.29) is 11.9 Å². The largest absolute Gasteiger partial charge is 0.379 e. The first kappa shape index (κ1) is 19.8. The van der Waals surface area contributed by atoms with E-state index in [0.29, 0.717) is 18.8 Å². The fourth-order valence-electron chi connectivity index (χ4n) is 3.61. The molecule has 5 nitrogen and oxygen atoms in total. The lowest BCUT2D eigenvalue weighted by atomic mass is 10.0. The van der Waals surface area contributed by atoms with Gasteiger partial charge >= 0.3 is 0 Å². The summed E-state index contributed by atoms with van der Waals surface area (Å²) in [5.41, 5.74) is 2.76. The molecule has 1 fully saturated rings. The molecule has 1 aliphatic heterocycles. The number of thiophene rings is 1. The van der Waals surface area contributed by atoms with Gasteiger partial charge in [-0.05, 0) is 36.8 Å². The Labute approximate surface area is 175 Å². The molecule has 1 saturated heterocycles. The van der Waals surface area contributed by atoms with Crippen molar-refractivity contribution in [2.45, 2.75) is 19.4 Å². The maximum absolute atomic E-state index is 12.8. The molecule has 3 aromatic rings. The summed E-state index contributed by atoms with van der Waals surface area (Å²) in [6.07, 6.45) is 2.76. The second-order valence-electron chi connectivity index (χ2n) is 6.98. The lowest BCUT2D eigenvalue weighted by Crippen LogP contribution is -2.40. The monoisotopic (exact) mass is 407 g/mol. The second kappa shape index (κ2) is 9.31. The van der Waals surface area contributed by atoms with Gasteiger partial charge in [-0.15, -0.1) is 11.3 Å². The molecule has 150 valence electrons. The molecule has 6 heteroatoms. The van der Waals surface area contributed by atoms with Crippen LogP contribution in [-0.2, 0) is 11.2 Å². The molecule has 2 aromatic heterocycles. The summed E-state index contributed by atoms with van der Waals surface area (Å²) in [7, 11) is 0. The zero-order valence-corrected chi connectivity index (χ0v) is 17.3. The first-order valence-corrected chi connectivity index (χ1v) is 10.8. The number of aryl methyl sites for hydroxylation is 1. The minimum Gasteiger partial charge on any atom is -0.379 e. The van der Waals surface area contributed by atoms with Crippen LogP contribution in [0.3, 0.4) is 0 Å². The highest BCUT2D eigenvalue weighted by molar-refractivity contribution is 7.16. The molecule has 0 saturated carbocycles. The zero-order chi connectivity index (χ0) is 20.1. The third-order valence-electron chi connectivity index (χ3n) is 5.10. The number of aromatic nitrogens is 1. The summed E-state index contributed by atoms with van der Waals surface area (Å²) in [4.78, 5) is 21.1. The predicted molar refractivity (Wildman–Crippen MR) is 117 cm³/mol. The average Bonchev–Trinajstić information content (AvgIpc) is 3.18. The van der Waals surface area contributed by atoms with E-state index in [1.165, 1.54) is 4.88 Å². The highest BCUT2D eigenvalue weighted by Crippen LogP contribution is 2.39. The highest BCUT2D eigenvalue weighted by atomic mass is 32.1. The number of carbonyl (C=O) groups is 1. The fourth-order valence-corrected chi connectivity index (χ4v) is 4.64. The van der Waals surface area contributed by atoms with E-state index >= 15 is 0 Å². The molecular weight excluding hydrogens is 382 g/mol. The SMILES string of the molecule is CCc1cc(C(c2ccccn2)N2CCOCC2)c(NC(=O)c2ccccc2)s1.